The van der Waals surface area contributed by atoms with Crippen molar-refractivity contribution in [3.8, 4) is 0 Å². The van der Waals surface area contributed by atoms with Crippen LogP contribution in [0.25, 0.3) is 0 Å². The molecular formula is C10H19F2NO2. The summed E-state index contributed by atoms with van der Waals surface area (Å²) in [4.78, 5) is 0. The topological polar surface area (TPSA) is 30.5 Å². The fraction of sp³-hybridized carbons (Fsp3) is 1.00. The monoisotopic (exact) mass is 223 g/mol. The highest BCUT2D eigenvalue weighted by Gasteiger charge is 2.42. The van der Waals surface area contributed by atoms with Crippen LogP contribution in [0.15, 0.2) is 0 Å². The fourth-order valence-corrected chi connectivity index (χ4v) is 1.70. The first-order valence-corrected chi connectivity index (χ1v) is 5.37. The van der Waals surface area contributed by atoms with Crippen molar-refractivity contribution in [3.05, 3.63) is 0 Å². The Morgan fingerprint density at radius 1 is 1.40 bits per heavy atom. The Bertz CT molecular complexity index is 181. The van der Waals surface area contributed by atoms with Crippen LogP contribution >= 0.6 is 0 Å². The standard InChI is InChI=1S/C10H19F2NO2/c1-3-4-14-10-7(13-2)5-8(10)15-6-9(11)12/h7-10,13H,3-6H2,1-2H3. The Morgan fingerprint density at radius 2 is 2.13 bits per heavy atom. The molecule has 1 N–H and O–H groups in total. The molecule has 1 rings (SSSR count). The maximum Gasteiger partial charge on any atom is 0.261 e. The normalized spacial score (nSPS) is 30.6. The van der Waals surface area contributed by atoms with Crippen LogP contribution in [0, 0.1) is 0 Å². The van der Waals surface area contributed by atoms with Gasteiger partial charge in [0.1, 0.15) is 6.61 Å². The van der Waals surface area contributed by atoms with Crippen LogP contribution in [-0.4, -0.2) is 44.9 Å². The number of ether oxygens (including phenoxy) is 2. The van der Waals surface area contributed by atoms with Crippen molar-refractivity contribution >= 4 is 0 Å². The SMILES string of the molecule is CCCOC1C(NC)CC1OCC(F)F. The van der Waals surface area contributed by atoms with Crippen LogP contribution in [-0.2, 0) is 9.47 Å². The number of alkyl halides is 2. The Morgan fingerprint density at radius 3 is 2.67 bits per heavy atom. The van der Waals surface area contributed by atoms with E-state index >= 15 is 0 Å². The number of hydrogen-bond acceptors (Lipinski definition) is 3. The molecule has 0 saturated heterocycles. The van der Waals surface area contributed by atoms with Crippen molar-refractivity contribution < 1.29 is 18.3 Å². The summed E-state index contributed by atoms with van der Waals surface area (Å²) in [6.45, 7) is 2.17. The van der Waals surface area contributed by atoms with Crippen LogP contribution in [0.5, 0.6) is 0 Å². The van der Waals surface area contributed by atoms with Gasteiger partial charge in [-0.1, -0.05) is 6.92 Å². The lowest BCUT2D eigenvalue weighted by Crippen LogP contribution is -2.59. The zero-order valence-electron chi connectivity index (χ0n) is 9.21. The molecule has 0 spiro atoms. The van der Waals surface area contributed by atoms with E-state index in [4.69, 9.17) is 9.47 Å². The van der Waals surface area contributed by atoms with E-state index in [9.17, 15) is 8.78 Å². The lowest BCUT2D eigenvalue weighted by molar-refractivity contribution is -0.159. The number of likely N-dealkylation sites (N-methyl/N-ethyl adjacent to an activating group) is 1. The summed E-state index contributed by atoms with van der Waals surface area (Å²) in [5.74, 6) is 0. The van der Waals surface area contributed by atoms with Crippen molar-refractivity contribution in [2.75, 3.05) is 20.3 Å². The average Bonchev–Trinajstić information content (AvgIpc) is 2.16. The quantitative estimate of drug-likeness (QED) is 0.708. The molecule has 3 nitrogen and oxygen atoms in total. The minimum Gasteiger partial charge on any atom is -0.374 e. The van der Waals surface area contributed by atoms with Crippen LogP contribution in [0.1, 0.15) is 19.8 Å². The first kappa shape index (κ1) is 12.8. The van der Waals surface area contributed by atoms with E-state index < -0.39 is 13.0 Å². The summed E-state index contributed by atoms with van der Waals surface area (Å²) in [5.41, 5.74) is 0. The van der Waals surface area contributed by atoms with Crippen LogP contribution in [0.4, 0.5) is 8.78 Å². The average molecular weight is 223 g/mol. The molecular weight excluding hydrogens is 204 g/mol. The highest BCUT2D eigenvalue weighted by atomic mass is 19.3. The van der Waals surface area contributed by atoms with Gasteiger partial charge in [-0.05, 0) is 19.9 Å². The molecule has 3 unspecified atom stereocenters. The third-order valence-corrected chi connectivity index (χ3v) is 2.57. The van der Waals surface area contributed by atoms with E-state index in [1.807, 2.05) is 14.0 Å². The summed E-state index contributed by atoms with van der Waals surface area (Å²) in [6.07, 6.45) is -0.978. The third-order valence-electron chi connectivity index (χ3n) is 2.57. The maximum atomic E-state index is 11.9. The molecule has 0 bridgehead atoms. The van der Waals surface area contributed by atoms with E-state index in [1.165, 1.54) is 0 Å². The van der Waals surface area contributed by atoms with E-state index in [0.29, 0.717) is 6.61 Å². The molecule has 1 aliphatic rings. The van der Waals surface area contributed by atoms with Crippen molar-refractivity contribution in [3.63, 3.8) is 0 Å². The lowest BCUT2D eigenvalue weighted by atomic mass is 9.85. The minimum atomic E-state index is -2.40. The van der Waals surface area contributed by atoms with Gasteiger partial charge in [0.25, 0.3) is 6.43 Å². The van der Waals surface area contributed by atoms with Gasteiger partial charge in [0.2, 0.25) is 0 Å². The summed E-state index contributed by atoms with van der Waals surface area (Å²) in [6, 6.07) is 0.235. The Labute approximate surface area is 89.1 Å². The Kier molecular flexibility index (Phi) is 5.42. The Balaban J connectivity index is 2.26. The molecule has 0 aromatic carbocycles. The minimum absolute atomic E-state index is 0.0753. The predicted molar refractivity (Wildman–Crippen MR) is 53.2 cm³/mol. The van der Waals surface area contributed by atoms with Crippen molar-refractivity contribution in [1.29, 1.82) is 0 Å². The third kappa shape index (κ3) is 3.66. The largest absolute Gasteiger partial charge is 0.374 e. The molecule has 0 heterocycles. The van der Waals surface area contributed by atoms with E-state index in [1.54, 1.807) is 0 Å². The molecule has 90 valence electrons. The molecule has 0 aromatic rings. The van der Waals surface area contributed by atoms with E-state index in [-0.39, 0.29) is 18.2 Å². The number of halogens is 2. The molecule has 0 aromatic heterocycles. The highest BCUT2D eigenvalue weighted by molar-refractivity contribution is 4.96. The fourth-order valence-electron chi connectivity index (χ4n) is 1.70. The molecule has 3 atom stereocenters. The van der Waals surface area contributed by atoms with Crippen molar-refractivity contribution in [1.82, 2.24) is 5.32 Å². The van der Waals surface area contributed by atoms with E-state index in [2.05, 4.69) is 5.32 Å². The first-order valence-electron chi connectivity index (χ1n) is 5.37. The van der Waals surface area contributed by atoms with Gasteiger partial charge >= 0.3 is 0 Å². The van der Waals surface area contributed by atoms with Gasteiger partial charge in [-0.3, -0.25) is 0 Å². The van der Waals surface area contributed by atoms with Gasteiger partial charge in [-0.25, -0.2) is 8.78 Å². The second kappa shape index (κ2) is 6.35. The molecule has 1 fully saturated rings. The second-order valence-electron chi connectivity index (χ2n) is 3.73. The number of rotatable bonds is 7. The molecule has 0 aliphatic heterocycles. The number of hydrogen-bond donors (Lipinski definition) is 1. The van der Waals surface area contributed by atoms with Crippen molar-refractivity contribution in [2.24, 2.45) is 0 Å². The molecule has 15 heavy (non-hydrogen) atoms. The molecule has 1 aliphatic carbocycles. The summed E-state index contributed by atoms with van der Waals surface area (Å²) >= 11 is 0. The molecule has 0 radical (unpaired) electrons. The van der Waals surface area contributed by atoms with Crippen LogP contribution in [0.3, 0.4) is 0 Å². The molecule has 1 saturated carbocycles. The smallest absolute Gasteiger partial charge is 0.261 e. The van der Waals surface area contributed by atoms with Gasteiger partial charge in [-0.2, -0.15) is 0 Å². The maximum absolute atomic E-state index is 11.9. The summed E-state index contributed by atoms with van der Waals surface area (Å²) in [5, 5.41) is 3.09. The van der Waals surface area contributed by atoms with Gasteiger partial charge in [-0.15, -0.1) is 0 Å². The van der Waals surface area contributed by atoms with Gasteiger partial charge in [0, 0.05) is 12.6 Å². The molecule has 0 amide bonds. The second-order valence-corrected chi connectivity index (χ2v) is 3.73. The molecule has 5 heteroatoms. The van der Waals surface area contributed by atoms with Crippen LogP contribution < -0.4 is 5.32 Å². The zero-order valence-corrected chi connectivity index (χ0v) is 9.21. The predicted octanol–water partition coefficient (Wildman–Crippen LogP) is 1.42. The zero-order chi connectivity index (χ0) is 11.3. The van der Waals surface area contributed by atoms with Gasteiger partial charge < -0.3 is 14.8 Å². The van der Waals surface area contributed by atoms with Gasteiger partial charge in [0.15, 0.2) is 0 Å². The number of nitrogens with one attached hydrogen (secondary N) is 1. The van der Waals surface area contributed by atoms with E-state index in [0.717, 1.165) is 12.8 Å². The van der Waals surface area contributed by atoms with Crippen molar-refractivity contribution in [2.45, 2.75) is 44.4 Å². The van der Waals surface area contributed by atoms with Gasteiger partial charge in [0.05, 0.1) is 12.2 Å². The summed E-state index contributed by atoms with van der Waals surface area (Å²) < 4.78 is 34.5. The Hall–Kier alpha value is -0.260. The summed E-state index contributed by atoms with van der Waals surface area (Å²) in [7, 11) is 1.84. The first-order chi connectivity index (χ1) is 7.19. The van der Waals surface area contributed by atoms with Crippen LogP contribution in [0.2, 0.25) is 0 Å². The highest BCUT2D eigenvalue weighted by Crippen LogP contribution is 2.27. The lowest BCUT2D eigenvalue weighted by Gasteiger charge is -2.43.